The SMILES string of the molecule is CC(C)(C)C(C)(C)C.CC(C)NS(=O)(=O)C1CC1.CC(C)OCC(C)(C)CCC(C)(C)C.CC(C)c1cccc(C(C)C)c1.CCC(C)C. The molecule has 0 aliphatic heterocycles. The molecule has 0 unspecified atom stereocenters. The van der Waals surface area contributed by atoms with Crippen molar-refractivity contribution in [2.24, 2.45) is 27.6 Å². The Morgan fingerprint density at radius 3 is 1.35 bits per heavy atom. The molecule has 0 saturated heterocycles. The van der Waals surface area contributed by atoms with Crippen LogP contribution in [0.5, 0.6) is 0 Å². The Labute approximate surface area is 310 Å². The van der Waals surface area contributed by atoms with Gasteiger partial charge >= 0.3 is 0 Å². The van der Waals surface area contributed by atoms with Crippen molar-refractivity contribution in [2.45, 2.75) is 214 Å². The first-order valence-corrected chi connectivity index (χ1v) is 21.0. The quantitative estimate of drug-likeness (QED) is 0.249. The minimum absolute atomic E-state index is 0.0330. The average Bonchev–Trinajstić information content (AvgIpc) is 3.77. The van der Waals surface area contributed by atoms with Gasteiger partial charge in [0.2, 0.25) is 10.0 Å². The molecular formula is C44H89NO3S. The summed E-state index contributed by atoms with van der Waals surface area (Å²) in [5.41, 5.74) is 4.52. The van der Waals surface area contributed by atoms with Gasteiger partial charge in [-0.15, -0.1) is 0 Å². The maximum atomic E-state index is 11.1. The van der Waals surface area contributed by atoms with E-state index in [0.717, 1.165) is 25.4 Å². The van der Waals surface area contributed by atoms with Gasteiger partial charge in [-0.05, 0) is 104 Å². The lowest BCUT2D eigenvalue weighted by Gasteiger charge is -2.34. The summed E-state index contributed by atoms with van der Waals surface area (Å²) in [6, 6.07) is 8.91. The third-order valence-electron chi connectivity index (χ3n) is 9.03. The van der Waals surface area contributed by atoms with Gasteiger partial charge in [0, 0.05) is 6.04 Å². The van der Waals surface area contributed by atoms with Crippen molar-refractivity contribution in [2.75, 3.05) is 6.61 Å². The molecule has 1 fully saturated rings. The van der Waals surface area contributed by atoms with Gasteiger partial charge in [-0.25, -0.2) is 13.1 Å². The standard InChI is InChI=1S/C13H28O.C12H18.C8H18.C6H13NO2S.C5H12/c1-11(2)14-10-13(6,7)9-8-12(3,4)5;1-9(2)11-6-5-7-12(8-11)10(3)4;1-7(2,3)8(4,5)6;1-5(2)7-10(8,9)6-3-4-6;1-4-5(2)3/h11H,8-10H2,1-7H3;5-10H,1-4H3;1-6H3;5-7H,3-4H2,1-2H3;5H,4H2,1-3H3. The van der Waals surface area contributed by atoms with Crippen LogP contribution in [0.2, 0.25) is 0 Å². The van der Waals surface area contributed by atoms with Crippen LogP contribution in [-0.4, -0.2) is 32.4 Å². The van der Waals surface area contributed by atoms with Crippen LogP contribution in [0.1, 0.15) is 207 Å². The van der Waals surface area contributed by atoms with E-state index < -0.39 is 10.0 Å². The van der Waals surface area contributed by atoms with Crippen LogP contribution >= 0.6 is 0 Å². The Morgan fingerprint density at radius 1 is 0.714 bits per heavy atom. The van der Waals surface area contributed by atoms with Gasteiger partial charge in [-0.3, -0.25) is 0 Å². The van der Waals surface area contributed by atoms with E-state index in [1.54, 1.807) is 0 Å². The van der Waals surface area contributed by atoms with Gasteiger partial charge in [-0.2, -0.15) is 0 Å². The van der Waals surface area contributed by atoms with Crippen molar-refractivity contribution in [1.82, 2.24) is 4.72 Å². The van der Waals surface area contributed by atoms with E-state index in [4.69, 9.17) is 4.74 Å². The minimum atomic E-state index is -2.94. The van der Waals surface area contributed by atoms with Crippen molar-refractivity contribution in [3.8, 4) is 0 Å². The summed E-state index contributed by atoms with van der Waals surface area (Å²) < 4.78 is 30.4. The maximum absolute atomic E-state index is 11.1. The normalized spacial score (nSPS) is 14.0. The van der Waals surface area contributed by atoms with E-state index >= 15 is 0 Å². The fraction of sp³-hybridized carbons (Fsp3) is 0.864. The summed E-state index contributed by atoms with van der Waals surface area (Å²) in [4.78, 5) is 0. The Morgan fingerprint density at radius 2 is 1.10 bits per heavy atom. The molecule has 2 rings (SSSR count). The Hall–Kier alpha value is -0.910. The predicted octanol–water partition coefficient (Wildman–Crippen LogP) is 13.8. The molecule has 4 nitrogen and oxygen atoms in total. The van der Waals surface area contributed by atoms with Crippen LogP contribution in [-0.2, 0) is 14.8 Å². The molecule has 0 atom stereocenters. The first kappa shape index (κ1) is 52.5. The van der Waals surface area contributed by atoms with Crippen LogP contribution < -0.4 is 4.72 Å². The number of nitrogens with one attached hydrogen (secondary N) is 1. The number of sulfonamides is 1. The summed E-state index contributed by atoms with van der Waals surface area (Å²) in [6.45, 7) is 49.4. The van der Waals surface area contributed by atoms with Crippen LogP contribution in [0.25, 0.3) is 0 Å². The van der Waals surface area contributed by atoms with Gasteiger partial charge in [0.1, 0.15) is 0 Å². The highest BCUT2D eigenvalue weighted by Gasteiger charge is 2.35. The maximum Gasteiger partial charge on any atom is 0.214 e. The second-order valence-electron chi connectivity index (χ2n) is 19.9. The fourth-order valence-electron chi connectivity index (χ4n) is 3.26. The fourth-order valence-corrected chi connectivity index (χ4v) is 4.86. The number of hydrogen-bond acceptors (Lipinski definition) is 3. The van der Waals surface area contributed by atoms with E-state index in [9.17, 15) is 8.42 Å². The van der Waals surface area contributed by atoms with Crippen molar-refractivity contribution in [3.63, 3.8) is 0 Å². The lowest BCUT2D eigenvalue weighted by Crippen LogP contribution is -2.32. The van der Waals surface area contributed by atoms with Crippen LogP contribution in [0.3, 0.4) is 0 Å². The first-order chi connectivity index (χ1) is 21.8. The molecule has 294 valence electrons. The van der Waals surface area contributed by atoms with Crippen LogP contribution in [0.4, 0.5) is 0 Å². The summed E-state index contributed by atoms with van der Waals surface area (Å²) in [7, 11) is -2.94. The first-order valence-electron chi connectivity index (χ1n) is 19.5. The van der Waals surface area contributed by atoms with E-state index in [0.29, 0.717) is 39.6 Å². The molecule has 1 aromatic carbocycles. The number of benzene rings is 1. The molecule has 0 bridgehead atoms. The van der Waals surface area contributed by atoms with E-state index in [2.05, 4.69) is 167 Å². The highest BCUT2D eigenvalue weighted by molar-refractivity contribution is 7.90. The number of ether oxygens (including phenoxy) is 1. The van der Waals surface area contributed by atoms with Crippen molar-refractivity contribution in [3.05, 3.63) is 35.4 Å². The molecule has 1 saturated carbocycles. The highest BCUT2D eigenvalue weighted by Crippen LogP contribution is 2.36. The third kappa shape index (κ3) is 31.5. The van der Waals surface area contributed by atoms with Crippen molar-refractivity contribution < 1.29 is 13.2 Å². The molecule has 1 aliphatic carbocycles. The molecule has 0 heterocycles. The molecule has 1 aromatic rings. The summed E-state index contributed by atoms with van der Waals surface area (Å²) in [5, 5.41) is -0.0881. The molecule has 0 aromatic heterocycles. The topological polar surface area (TPSA) is 55.4 Å². The highest BCUT2D eigenvalue weighted by atomic mass is 32.2. The molecular weight excluding hydrogens is 623 g/mol. The monoisotopic (exact) mass is 712 g/mol. The predicted molar refractivity (Wildman–Crippen MR) is 222 cm³/mol. The summed E-state index contributed by atoms with van der Waals surface area (Å²) in [5.74, 6) is 2.17. The van der Waals surface area contributed by atoms with Crippen LogP contribution in [0.15, 0.2) is 24.3 Å². The molecule has 5 heteroatoms. The van der Waals surface area contributed by atoms with Crippen molar-refractivity contribution in [1.29, 1.82) is 0 Å². The number of rotatable bonds is 11. The Kier molecular flexibility index (Phi) is 25.3. The zero-order valence-electron chi connectivity index (χ0n) is 37.1. The second kappa shape index (κ2) is 23.6. The Balaban J connectivity index is -0.000000558. The number of hydrogen-bond donors (Lipinski definition) is 1. The van der Waals surface area contributed by atoms with Gasteiger partial charge in [0.25, 0.3) is 0 Å². The van der Waals surface area contributed by atoms with Gasteiger partial charge < -0.3 is 4.74 Å². The third-order valence-corrected chi connectivity index (χ3v) is 11.2. The van der Waals surface area contributed by atoms with Gasteiger partial charge in [0.15, 0.2) is 0 Å². The smallest absolute Gasteiger partial charge is 0.214 e. The van der Waals surface area contributed by atoms with Gasteiger partial charge in [-0.1, -0.05) is 155 Å². The lowest BCUT2D eigenvalue weighted by molar-refractivity contribution is 0.0142. The van der Waals surface area contributed by atoms with E-state index in [1.807, 2.05) is 13.8 Å². The summed E-state index contributed by atoms with van der Waals surface area (Å²) >= 11 is 0. The Bertz CT molecular complexity index is 1020. The minimum Gasteiger partial charge on any atom is -0.378 e. The van der Waals surface area contributed by atoms with E-state index in [-0.39, 0.29) is 11.3 Å². The zero-order chi connectivity index (χ0) is 39.6. The summed E-state index contributed by atoms with van der Waals surface area (Å²) in [6.07, 6.45) is 5.83. The van der Waals surface area contributed by atoms with Gasteiger partial charge in [0.05, 0.1) is 18.0 Å². The van der Waals surface area contributed by atoms with Crippen molar-refractivity contribution >= 4 is 10.0 Å². The molecule has 49 heavy (non-hydrogen) atoms. The molecule has 1 N–H and O–H groups in total. The molecule has 1 aliphatic rings. The second-order valence-corrected chi connectivity index (χ2v) is 21.9. The molecule has 0 spiro atoms. The lowest BCUT2D eigenvalue weighted by atomic mass is 9.71. The molecule has 0 amide bonds. The van der Waals surface area contributed by atoms with E-state index in [1.165, 1.54) is 30.4 Å². The molecule has 0 radical (unpaired) electrons. The van der Waals surface area contributed by atoms with Crippen LogP contribution in [0, 0.1) is 27.6 Å². The average molecular weight is 712 g/mol. The largest absolute Gasteiger partial charge is 0.378 e. The zero-order valence-corrected chi connectivity index (χ0v) is 38.0.